The summed E-state index contributed by atoms with van der Waals surface area (Å²) in [7, 11) is 0. The lowest BCUT2D eigenvalue weighted by Gasteiger charge is -2.25. The van der Waals surface area contributed by atoms with Gasteiger partial charge in [-0.1, -0.05) is 43.9 Å². The van der Waals surface area contributed by atoms with Crippen LogP contribution in [0.25, 0.3) is 0 Å². The highest BCUT2D eigenvalue weighted by Gasteiger charge is 2.51. The van der Waals surface area contributed by atoms with Gasteiger partial charge in [0.05, 0.1) is 6.04 Å². The highest BCUT2D eigenvalue weighted by molar-refractivity contribution is 6.09. The zero-order valence-electron chi connectivity index (χ0n) is 17.3. The number of carbonyl (C=O) groups excluding carboxylic acids is 3. The standard InChI is InChI=1S/C23H31N3O3/c1-16(18-11-10-17-8-4-5-9-19(17)14-18)24-20(27)15-26-21(28)23(25-22(26)29)12-6-2-3-7-13-23/h10-11,14,16H,2-9,12-13,15H2,1H3,(H,24,27)(H,25,29). The lowest BCUT2D eigenvalue weighted by Crippen LogP contribution is -2.47. The maximum Gasteiger partial charge on any atom is 0.325 e. The van der Waals surface area contributed by atoms with Gasteiger partial charge in [-0.3, -0.25) is 14.5 Å². The minimum Gasteiger partial charge on any atom is -0.348 e. The summed E-state index contributed by atoms with van der Waals surface area (Å²) < 4.78 is 0. The maximum atomic E-state index is 13.0. The van der Waals surface area contributed by atoms with Gasteiger partial charge in [0.15, 0.2) is 0 Å². The first kappa shape index (κ1) is 19.9. The smallest absolute Gasteiger partial charge is 0.325 e. The second-order valence-corrected chi connectivity index (χ2v) is 8.84. The van der Waals surface area contributed by atoms with E-state index in [0.29, 0.717) is 12.8 Å². The Bertz CT molecular complexity index is 812. The Morgan fingerprint density at radius 3 is 2.48 bits per heavy atom. The number of urea groups is 1. The van der Waals surface area contributed by atoms with Crippen LogP contribution in [0.15, 0.2) is 18.2 Å². The molecule has 4 amide bonds. The van der Waals surface area contributed by atoms with Crippen molar-refractivity contribution >= 4 is 17.8 Å². The summed E-state index contributed by atoms with van der Waals surface area (Å²) in [6.45, 7) is 1.73. The fourth-order valence-corrected chi connectivity index (χ4v) is 5.03. The lowest BCUT2D eigenvalue weighted by molar-refractivity contribution is -0.135. The molecule has 2 N–H and O–H groups in total. The molecule has 29 heavy (non-hydrogen) atoms. The van der Waals surface area contributed by atoms with Crippen molar-refractivity contribution in [3.05, 3.63) is 34.9 Å². The number of benzene rings is 1. The Kier molecular flexibility index (Phi) is 5.61. The molecule has 1 saturated carbocycles. The van der Waals surface area contributed by atoms with Gasteiger partial charge in [-0.25, -0.2) is 4.79 Å². The zero-order valence-corrected chi connectivity index (χ0v) is 17.3. The van der Waals surface area contributed by atoms with E-state index >= 15 is 0 Å². The predicted octanol–water partition coefficient (Wildman–Crippen LogP) is 3.39. The maximum absolute atomic E-state index is 13.0. The van der Waals surface area contributed by atoms with E-state index in [-0.39, 0.29) is 24.4 Å². The molecule has 1 atom stereocenters. The first-order valence-corrected chi connectivity index (χ1v) is 11.0. The third-order valence-electron chi connectivity index (χ3n) is 6.75. The molecule has 1 heterocycles. The molecule has 0 bridgehead atoms. The largest absolute Gasteiger partial charge is 0.348 e. The molecule has 1 aliphatic heterocycles. The van der Waals surface area contributed by atoms with Crippen LogP contribution in [0.5, 0.6) is 0 Å². The molecule has 1 unspecified atom stereocenters. The summed E-state index contributed by atoms with van der Waals surface area (Å²) in [6, 6.07) is 5.83. The average Bonchev–Trinajstić information content (AvgIpc) is 2.88. The zero-order chi connectivity index (χ0) is 20.4. The van der Waals surface area contributed by atoms with Gasteiger partial charge in [-0.15, -0.1) is 0 Å². The lowest BCUT2D eigenvalue weighted by atomic mass is 9.89. The highest BCUT2D eigenvalue weighted by Crippen LogP contribution is 2.32. The first-order chi connectivity index (χ1) is 14.0. The van der Waals surface area contributed by atoms with Crippen LogP contribution in [0.4, 0.5) is 4.79 Å². The van der Waals surface area contributed by atoms with Gasteiger partial charge >= 0.3 is 6.03 Å². The molecule has 156 valence electrons. The van der Waals surface area contributed by atoms with Gasteiger partial charge < -0.3 is 10.6 Å². The molecule has 1 aromatic rings. The number of nitrogens with one attached hydrogen (secondary N) is 2. The molecule has 4 rings (SSSR count). The first-order valence-electron chi connectivity index (χ1n) is 11.0. The summed E-state index contributed by atoms with van der Waals surface area (Å²) in [4.78, 5) is 39.1. The Morgan fingerprint density at radius 2 is 1.76 bits per heavy atom. The number of hydrogen-bond acceptors (Lipinski definition) is 3. The van der Waals surface area contributed by atoms with E-state index in [4.69, 9.17) is 0 Å². The quantitative estimate of drug-likeness (QED) is 0.765. The summed E-state index contributed by atoms with van der Waals surface area (Å²) in [5.41, 5.74) is 3.06. The third kappa shape index (κ3) is 4.02. The Labute approximate surface area is 172 Å². The second-order valence-electron chi connectivity index (χ2n) is 8.84. The van der Waals surface area contributed by atoms with Crippen molar-refractivity contribution in [2.24, 2.45) is 0 Å². The molecular formula is C23H31N3O3. The van der Waals surface area contributed by atoms with Crippen LogP contribution in [0, 0.1) is 0 Å². The predicted molar refractivity (Wildman–Crippen MR) is 110 cm³/mol. The SMILES string of the molecule is CC(NC(=O)CN1C(=O)NC2(CCCCCC2)C1=O)c1ccc2c(c1)CCCC2. The number of hydrogen-bond donors (Lipinski definition) is 2. The van der Waals surface area contributed by atoms with Crippen LogP contribution in [-0.2, 0) is 22.4 Å². The molecular weight excluding hydrogens is 366 g/mol. The molecule has 2 fully saturated rings. The third-order valence-corrected chi connectivity index (χ3v) is 6.75. The second kappa shape index (κ2) is 8.17. The fourth-order valence-electron chi connectivity index (χ4n) is 5.03. The van der Waals surface area contributed by atoms with Gasteiger partial charge in [0.2, 0.25) is 5.91 Å². The normalized spacial score (nSPS) is 22.0. The van der Waals surface area contributed by atoms with E-state index in [1.807, 2.05) is 6.92 Å². The summed E-state index contributed by atoms with van der Waals surface area (Å²) >= 11 is 0. The molecule has 1 saturated heterocycles. The topological polar surface area (TPSA) is 78.5 Å². The molecule has 0 radical (unpaired) electrons. The van der Waals surface area contributed by atoms with Gasteiger partial charge in [-0.2, -0.15) is 0 Å². The van der Waals surface area contributed by atoms with Crippen molar-refractivity contribution < 1.29 is 14.4 Å². The van der Waals surface area contributed by atoms with Crippen LogP contribution in [0.1, 0.15) is 81.0 Å². The number of nitrogens with zero attached hydrogens (tertiary/aromatic N) is 1. The van der Waals surface area contributed by atoms with Crippen LogP contribution in [-0.4, -0.2) is 34.8 Å². The minimum atomic E-state index is -0.794. The summed E-state index contributed by atoms with van der Waals surface area (Å²) in [6.07, 6.45) is 10.1. The summed E-state index contributed by atoms with van der Waals surface area (Å²) in [5.74, 6) is -0.537. The van der Waals surface area contributed by atoms with Crippen LogP contribution < -0.4 is 10.6 Å². The Morgan fingerprint density at radius 1 is 1.07 bits per heavy atom. The van der Waals surface area contributed by atoms with E-state index < -0.39 is 11.6 Å². The van der Waals surface area contributed by atoms with Crippen LogP contribution >= 0.6 is 0 Å². The number of rotatable bonds is 4. The molecule has 0 aromatic heterocycles. The fraction of sp³-hybridized carbons (Fsp3) is 0.609. The Balaban J connectivity index is 1.39. The summed E-state index contributed by atoms with van der Waals surface area (Å²) in [5, 5.41) is 5.85. The van der Waals surface area contributed by atoms with Crippen molar-refractivity contribution in [3.63, 3.8) is 0 Å². The number of imide groups is 1. The van der Waals surface area contributed by atoms with Gasteiger partial charge in [0.25, 0.3) is 5.91 Å². The Hall–Kier alpha value is -2.37. The monoisotopic (exact) mass is 397 g/mol. The van der Waals surface area contributed by atoms with Crippen molar-refractivity contribution in [3.8, 4) is 0 Å². The molecule has 1 spiro atoms. The number of carbonyl (C=O) groups is 3. The molecule has 6 heteroatoms. The van der Waals surface area contributed by atoms with E-state index in [0.717, 1.165) is 49.0 Å². The van der Waals surface area contributed by atoms with Crippen molar-refractivity contribution in [1.29, 1.82) is 0 Å². The molecule has 6 nitrogen and oxygen atoms in total. The van der Waals surface area contributed by atoms with Crippen LogP contribution in [0.3, 0.4) is 0 Å². The number of fused-ring (bicyclic) bond motifs is 1. The van der Waals surface area contributed by atoms with E-state index in [9.17, 15) is 14.4 Å². The van der Waals surface area contributed by atoms with E-state index in [1.165, 1.54) is 24.0 Å². The van der Waals surface area contributed by atoms with Gasteiger partial charge in [0, 0.05) is 0 Å². The van der Waals surface area contributed by atoms with Gasteiger partial charge in [0.1, 0.15) is 12.1 Å². The molecule has 2 aliphatic carbocycles. The van der Waals surface area contributed by atoms with Crippen LogP contribution in [0.2, 0.25) is 0 Å². The average molecular weight is 398 g/mol. The van der Waals surface area contributed by atoms with Crippen molar-refractivity contribution in [1.82, 2.24) is 15.5 Å². The van der Waals surface area contributed by atoms with Crippen molar-refractivity contribution in [2.75, 3.05) is 6.54 Å². The number of amides is 4. The molecule has 3 aliphatic rings. The minimum absolute atomic E-state index is 0.165. The number of aryl methyl sites for hydroxylation is 2. The van der Waals surface area contributed by atoms with Gasteiger partial charge in [-0.05, 0) is 62.1 Å². The van der Waals surface area contributed by atoms with Crippen molar-refractivity contribution in [2.45, 2.75) is 82.7 Å². The van der Waals surface area contributed by atoms with E-state index in [2.05, 4.69) is 28.8 Å². The molecule has 1 aromatic carbocycles. The van der Waals surface area contributed by atoms with E-state index in [1.54, 1.807) is 0 Å². The highest BCUT2D eigenvalue weighted by atomic mass is 16.2.